The van der Waals surface area contributed by atoms with Crippen LogP contribution >= 0.6 is 0 Å². The van der Waals surface area contributed by atoms with Crippen LogP contribution in [0.4, 0.5) is 0 Å². The van der Waals surface area contributed by atoms with Crippen molar-refractivity contribution in [2.45, 2.75) is 26.3 Å². The molecule has 5 nitrogen and oxygen atoms in total. The van der Waals surface area contributed by atoms with Crippen molar-refractivity contribution in [3.63, 3.8) is 0 Å². The maximum atomic E-state index is 12.4. The van der Waals surface area contributed by atoms with E-state index >= 15 is 0 Å². The Bertz CT molecular complexity index is 735. The quantitative estimate of drug-likeness (QED) is 0.855. The fraction of sp³-hybridized carbons (Fsp3) is 0.263. The van der Waals surface area contributed by atoms with Crippen LogP contribution in [-0.4, -0.2) is 30.1 Å². The molecule has 0 unspecified atom stereocenters. The van der Waals surface area contributed by atoms with Crippen molar-refractivity contribution in [3.05, 3.63) is 64.7 Å². The predicted molar refractivity (Wildman–Crippen MR) is 91.5 cm³/mol. The second kappa shape index (κ2) is 7.64. The third kappa shape index (κ3) is 4.35. The van der Waals surface area contributed by atoms with Gasteiger partial charge in [0.2, 0.25) is 0 Å². The molecule has 2 aromatic rings. The van der Waals surface area contributed by atoms with E-state index < -0.39 is 17.9 Å². The molecule has 0 spiro atoms. The van der Waals surface area contributed by atoms with Crippen LogP contribution in [0, 0.1) is 13.8 Å². The van der Waals surface area contributed by atoms with Crippen molar-refractivity contribution in [1.82, 2.24) is 5.32 Å². The molecule has 126 valence electrons. The van der Waals surface area contributed by atoms with Gasteiger partial charge in [-0.05, 0) is 37.6 Å². The van der Waals surface area contributed by atoms with E-state index in [0.717, 1.165) is 16.7 Å². The number of carbonyl (C=O) groups is 2. The summed E-state index contributed by atoms with van der Waals surface area (Å²) in [5, 5.41) is 12.0. The molecule has 1 amide bonds. The van der Waals surface area contributed by atoms with Gasteiger partial charge in [0.1, 0.15) is 11.8 Å². The predicted octanol–water partition coefficient (Wildman–Crippen LogP) is 2.74. The van der Waals surface area contributed by atoms with E-state index in [2.05, 4.69) is 5.32 Å². The van der Waals surface area contributed by atoms with Crippen molar-refractivity contribution in [2.75, 3.05) is 7.11 Å². The normalized spacial score (nSPS) is 11.6. The Morgan fingerprint density at radius 2 is 1.75 bits per heavy atom. The molecule has 1 atom stereocenters. The zero-order valence-corrected chi connectivity index (χ0v) is 14.0. The van der Waals surface area contributed by atoms with E-state index in [4.69, 9.17) is 4.74 Å². The molecule has 0 saturated carbocycles. The summed E-state index contributed by atoms with van der Waals surface area (Å²) < 4.78 is 5.24. The molecule has 0 radical (unpaired) electrons. The Hall–Kier alpha value is -2.82. The van der Waals surface area contributed by atoms with Crippen LogP contribution in [0.3, 0.4) is 0 Å². The molecule has 0 bridgehead atoms. The zero-order chi connectivity index (χ0) is 17.7. The van der Waals surface area contributed by atoms with Crippen molar-refractivity contribution in [1.29, 1.82) is 0 Å². The maximum absolute atomic E-state index is 12.4. The number of rotatable bonds is 6. The molecule has 5 heteroatoms. The lowest BCUT2D eigenvalue weighted by Gasteiger charge is -2.17. The lowest BCUT2D eigenvalue weighted by atomic mass is 10.0. The van der Waals surface area contributed by atoms with Gasteiger partial charge in [-0.3, -0.25) is 4.79 Å². The molecule has 0 aliphatic heterocycles. The summed E-state index contributed by atoms with van der Waals surface area (Å²) in [7, 11) is 1.53. The number of para-hydroxylation sites is 1. The Morgan fingerprint density at radius 1 is 1.12 bits per heavy atom. The topological polar surface area (TPSA) is 75.6 Å². The molecule has 2 aromatic carbocycles. The van der Waals surface area contributed by atoms with Gasteiger partial charge in [-0.15, -0.1) is 0 Å². The molecule has 0 aromatic heterocycles. The van der Waals surface area contributed by atoms with E-state index in [1.165, 1.54) is 7.11 Å². The number of hydrogen-bond donors (Lipinski definition) is 2. The molecule has 2 N–H and O–H groups in total. The van der Waals surface area contributed by atoms with E-state index in [-0.39, 0.29) is 6.42 Å². The van der Waals surface area contributed by atoms with Crippen LogP contribution in [0.15, 0.2) is 42.5 Å². The number of benzene rings is 2. The van der Waals surface area contributed by atoms with Crippen LogP contribution in [0.25, 0.3) is 0 Å². The highest BCUT2D eigenvalue weighted by atomic mass is 16.5. The monoisotopic (exact) mass is 327 g/mol. The summed E-state index contributed by atoms with van der Waals surface area (Å²) >= 11 is 0. The second-order valence-corrected chi connectivity index (χ2v) is 5.76. The first-order valence-electron chi connectivity index (χ1n) is 7.64. The van der Waals surface area contributed by atoms with Gasteiger partial charge >= 0.3 is 5.97 Å². The number of carboxylic acid groups (broad SMARTS) is 1. The summed E-state index contributed by atoms with van der Waals surface area (Å²) in [6.07, 6.45) is 0.149. The summed E-state index contributed by atoms with van der Waals surface area (Å²) in [5.41, 5.74) is 3.10. The molecular formula is C19H21NO4. The number of methoxy groups -OCH3 is 1. The fourth-order valence-electron chi connectivity index (χ4n) is 2.64. The number of aryl methyl sites for hydroxylation is 2. The summed E-state index contributed by atoms with van der Waals surface area (Å²) in [5.74, 6) is -0.882. The lowest BCUT2D eigenvalue weighted by molar-refractivity contribution is -0.139. The van der Waals surface area contributed by atoms with Crippen molar-refractivity contribution < 1.29 is 19.4 Å². The van der Waals surface area contributed by atoms with Crippen molar-refractivity contribution in [2.24, 2.45) is 0 Å². The largest absolute Gasteiger partial charge is 0.496 e. The third-order valence-corrected chi connectivity index (χ3v) is 3.70. The standard InChI is InChI=1S/C19H21NO4/c1-12-8-13(2)10-15(9-12)18(21)20-16(19(22)23)11-14-6-4-5-7-17(14)24-3/h4-10,16H,11H2,1-3H3,(H,20,21)(H,22,23)/t16-/m1/s1. The lowest BCUT2D eigenvalue weighted by Crippen LogP contribution is -2.42. The van der Waals surface area contributed by atoms with Gasteiger partial charge in [-0.25, -0.2) is 4.79 Å². The van der Waals surface area contributed by atoms with Gasteiger partial charge in [0.15, 0.2) is 0 Å². The summed E-state index contributed by atoms with van der Waals surface area (Å²) in [6, 6.07) is 11.6. The number of amides is 1. The molecule has 0 saturated heterocycles. The first-order chi connectivity index (χ1) is 11.4. The number of carboxylic acids is 1. The number of nitrogens with one attached hydrogen (secondary N) is 1. The highest BCUT2D eigenvalue weighted by Gasteiger charge is 2.22. The van der Waals surface area contributed by atoms with Crippen LogP contribution in [0.2, 0.25) is 0 Å². The Morgan fingerprint density at radius 3 is 2.33 bits per heavy atom. The van der Waals surface area contributed by atoms with Gasteiger partial charge in [0, 0.05) is 12.0 Å². The average molecular weight is 327 g/mol. The summed E-state index contributed by atoms with van der Waals surface area (Å²) in [6.45, 7) is 3.79. The Labute approximate surface area is 141 Å². The SMILES string of the molecule is COc1ccccc1C[C@@H](NC(=O)c1cc(C)cc(C)c1)C(=O)O. The van der Waals surface area contributed by atoms with Crippen LogP contribution in [0.1, 0.15) is 27.0 Å². The van der Waals surface area contributed by atoms with Crippen LogP contribution < -0.4 is 10.1 Å². The average Bonchev–Trinajstić information content (AvgIpc) is 2.53. The van der Waals surface area contributed by atoms with E-state index in [1.54, 1.807) is 24.3 Å². The highest BCUT2D eigenvalue weighted by Crippen LogP contribution is 2.19. The number of carbonyl (C=O) groups excluding carboxylic acids is 1. The minimum Gasteiger partial charge on any atom is -0.496 e. The van der Waals surface area contributed by atoms with Gasteiger partial charge in [-0.1, -0.05) is 35.4 Å². The summed E-state index contributed by atoms with van der Waals surface area (Å²) in [4.78, 5) is 24.0. The molecular weight excluding hydrogens is 306 g/mol. The van der Waals surface area contributed by atoms with Gasteiger partial charge < -0.3 is 15.2 Å². The first-order valence-corrected chi connectivity index (χ1v) is 7.64. The first kappa shape index (κ1) is 17.5. The van der Waals surface area contributed by atoms with E-state index in [9.17, 15) is 14.7 Å². The molecule has 0 aliphatic rings. The number of hydrogen-bond acceptors (Lipinski definition) is 3. The second-order valence-electron chi connectivity index (χ2n) is 5.76. The van der Waals surface area contributed by atoms with Crippen LogP contribution in [0.5, 0.6) is 5.75 Å². The number of aliphatic carboxylic acids is 1. The van der Waals surface area contributed by atoms with E-state index in [1.807, 2.05) is 32.0 Å². The van der Waals surface area contributed by atoms with E-state index in [0.29, 0.717) is 11.3 Å². The molecule has 0 aliphatic carbocycles. The molecule has 0 fully saturated rings. The Kier molecular flexibility index (Phi) is 5.58. The smallest absolute Gasteiger partial charge is 0.326 e. The molecule has 2 rings (SSSR count). The third-order valence-electron chi connectivity index (χ3n) is 3.70. The molecule has 0 heterocycles. The minimum atomic E-state index is -1.08. The Balaban J connectivity index is 2.19. The maximum Gasteiger partial charge on any atom is 0.326 e. The zero-order valence-electron chi connectivity index (χ0n) is 14.0. The van der Waals surface area contributed by atoms with Crippen molar-refractivity contribution in [3.8, 4) is 5.75 Å². The van der Waals surface area contributed by atoms with Gasteiger partial charge in [0.05, 0.1) is 7.11 Å². The van der Waals surface area contributed by atoms with Crippen molar-refractivity contribution >= 4 is 11.9 Å². The van der Waals surface area contributed by atoms with Crippen LogP contribution in [-0.2, 0) is 11.2 Å². The highest BCUT2D eigenvalue weighted by molar-refractivity contribution is 5.97. The number of ether oxygens (including phenoxy) is 1. The minimum absolute atomic E-state index is 0.149. The van der Waals surface area contributed by atoms with Gasteiger partial charge in [-0.2, -0.15) is 0 Å². The fourth-order valence-corrected chi connectivity index (χ4v) is 2.64. The molecule has 24 heavy (non-hydrogen) atoms. The van der Waals surface area contributed by atoms with Gasteiger partial charge in [0.25, 0.3) is 5.91 Å².